The topological polar surface area (TPSA) is 79.5 Å². The molecule has 0 aliphatic heterocycles. The summed E-state index contributed by atoms with van der Waals surface area (Å²) < 4.78 is 5.75. The molecular weight excluding hydrogens is 378 g/mol. The predicted octanol–water partition coefficient (Wildman–Crippen LogP) is 4.69. The van der Waals surface area contributed by atoms with Crippen LogP contribution in [0.15, 0.2) is 48.5 Å². The van der Waals surface area contributed by atoms with Gasteiger partial charge in [0, 0.05) is 29.0 Å². The van der Waals surface area contributed by atoms with Crippen molar-refractivity contribution in [3.8, 4) is 5.75 Å². The van der Waals surface area contributed by atoms with Crippen LogP contribution in [-0.2, 0) is 4.79 Å². The van der Waals surface area contributed by atoms with E-state index in [9.17, 15) is 9.59 Å². The van der Waals surface area contributed by atoms with E-state index >= 15 is 0 Å². The zero-order valence-electron chi connectivity index (χ0n) is 18.3. The van der Waals surface area contributed by atoms with E-state index in [1.807, 2.05) is 38.1 Å². The summed E-state index contributed by atoms with van der Waals surface area (Å²) in [7, 11) is 0. The Morgan fingerprint density at radius 1 is 1.00 bits per heavy atom. The first kappa shape index (κ1) is 23.3. The molecule has 2 aromatic rings. The second-order valence-corrected chi connectivity index (χ2v) is 7.82. The van der Waals surface area contributed by atoms with Crippen LogP contribution in [0.4, 0.5) is 11.4 Å². The van der Waals surface area contributed by atoms with Gasteiger partial charge in [0.15, 0.2) is 0 Å². The molecule has 0 aliphatic rings. The van der Waals surface area contributed by atoms with E-state index in [1.54, 1.807) is 24.3 Å². The number of carbonyl (C=O) groups excluding carboxylic acids is 2. The molecule has 1 atom stereocenters. The number of ether oxygens (including phenoxy) is 1. The van der Waals surface area contributed by atoms with Crippen LogP contribution >= 0.6 is 0 Å². The number of hydrogen-bond acceptors (Lipinski definition) is 4. The van der Waals surface area contributed by atoms with Crippen LogP contribution in [0.3, 0.4) is 0 Å². The summed E-state index contributed by atoms with van der Waals surface area (Å²) in [4.78, 5) is 24.6. The van der Waals surface area contributed by atoms with Gasteiger partial charge in [-0.05, 0) is 56.0 Å². The molecule has 2 rings (SSSR count). The Morgan fingerprint density at radius 3 is 2.47 bits per heavy atom. The molecule has 0 radical (unpaired) electrons. The normalized spacial score (nSPS) is 11.6. The Morgan fingerprint density at radius 2 is 1.73 bits per heavy atom. The molecule has 1 unspecified atom stereocenters. The third kappa shape index (κ3) is 8.15. The minimum Gasteiger partial charge on any atom is -0.494 e. The van der Waals surface area contributed by atoms with E-state index in [4.69, 9.17) is 4.74 Å². The summed E-state index contributed by atoms with van der Waals surface area (Å²) in [5.74, 6) is 1.03. The van der Waals surface area contributed by atoms with Gasteiger partial charge in [-0.3, -0.25) is 9.59 Å². The van der Waals surface area contributed by atoms with Crippen LogP contribution in [0.25, 0.3) is 0 Å². The lowest BCUT2D eigenvalue weighted by Gasteiger charge is -2.13. The molecule has 0 aliphatic carbocycles. The summed E-state index contributed by atoms with van der Waals surface area (Å²) in [6.45, 7) is 9.07. The van der Waals surface area contributed by atoms with E-state index in [1.165, 1.54) is 0 Å². The molecule has 0 aromatic heterocycles. The Balaban J connectivity index is 1.86. The third-order valence-corrected chi connectivity index (χ3v) is 4.65. The van der Waals surface area contributed by atoms with Crippen LogP contribution in [-0.4, -0.2) is 31.0 Å². The standard InChI is InChI=1S/C24H33N3O3/c1-5-18(4)26-24(29)19-8-6-10-21(14-19)27-23(28)16-25-20-9-7-11-22(15-20)30-13-12-17(2)3/h6-11,14-15,17-18,25H,5,12-13,16H2,1-4H3,(H,26,29)(H,27,28). The number of nitrogens with one attached hydrogen (secondary N) is 3. The number of rotatable bonds is 11. The fraction of sp³-hybridized carbons (Fsp3) is 0.417. The quantitative estimate of drug-likeness (QED) is 0.501. The molecule has 162 valence electrons. The van der Waals surface area contributed by atoms with Gasteiger partial charge in [0.1, 0.15) is 5.75 Å². The Labute approximate surface area is 179 Å². The lowest BCUT2D eigenvalue weighted by Crippen LogP contribution is -2.32. The highest BCUT2D eigenvalue weighted by Gasteiger charge is 2.10. The van der Waals surface area contributed by atoms with E-state index < -0.39 is 0 Å². The van der Waals surface area contributed by atoms with Crippen LogP contribution in [0.1, 0.15) is 50.9 Å². The smallest absolute Gasteiger partial charge is 0.251 e. The molecule has 2 aromatic carbocycles. The molecule has 6 nitrogen and oxygen atoms in total. The number of amides is 2. The highest BCUT2D eigenvalue weighted by Crippen LogP contribution is 2.18. The second kappa shape index (κ2) is 11.9. The van der Waals surface area contributed by atoms with Gasteiger partial charge in [-0.25, -0.2) is 0 Å². The van der Waals surface area contributed by atoms with Crippen molar-refractivity contribution >= 4 is 23.2 Å². The van der Waals surface area contributed by atoms with Gasteiger partial charge in [0.05, 0.1) is 13.2 Å². The average Bonchev–Trinajstić information content (AvgIpc) is 2.72. The first-order chi connectivity index (χ1) is 14.4. The van der Waals surface area contributed by atoms with Gasteiger partial charge in [-0.2, -0.15) is 0 Å². The second-order valence-electron chi connectivity index (χ2n) is 7.82. The maximum atomic E-state index is 12.3. The highest BCUT2D eigenvalue weighted by atomic mass is 16.5. The fourth-order valence-electron chi connectivity index (χ4n) is 2.64. The predicted molar refractivity (Wildman–Crippen MR) is 122 cm³/mol. The molecule has 3 N–H and O–H groups in total. The van der Waals surface area contributed by atoms with Crippen molar-refractivity contribution in [3.63, 3.8) is 0 Å². The lowest BCUT2D eigenvalue weighted by molar-refractivity contribution is -0.114. The van der Waals surface area contributed by atoms with Gasteiger partial charge < -0.3 is 20.7 Å². The first-order valence-corrected chi connectivity index (χ1v) is 10.5. The fourth-order valence-corrected chi connectivity index (χ4v) is 2.64. The van der Waals surface area contributed by atoms with Crippen molar-refractivity contribution in [3.05, 3.63) is 54.1 Å². The summed E-state index contributed by atoms with van der Waals surface area (Å²) in [5.41, 5.74) is 1.92. The van der Waals surface area contributed by atoms with Gasteiger partial charge in [-0.1, -0.05) is 32.9 Å². The van der Waals surface area contributed by atoms with Crippen molar-refractivity contribution in [1.29, 1.82) is 0 Å². The molecule has 0 saturated carbocycles. The molecular formula is C24H33N3O3. The number of benzene rings is 2. The van der Waals surface area contributed by atoms with Crippen molar-refractivity contribution in [2.24, 2.45) is 5.92 Å². The summed E-state index contributed by atoms with van der Waals surface area (Å²) in [6.07, 6.45) is 1.85. The van der Waals surface area contributed by atoms with Gasteiger partial charge in [0.25, 0.3) is 5.91 Å². The summed E-state index contributed by atoms with van der Waals surface area (Å²) in [5, 5.41) is 8.85. The Bertz CT molecular complexity index is 836. The van der Waals surface area contributed by atoms with Gasteiger partial charge in [-0.15, -0.1) is 0 Å². The van der Waals surface area contributed by atoms with E-state index in [2.05, 4.69) is 29.8 Å². The number of carbonyl (C=O) groups is 2. The maximum absolute atomic E-state index is 12.3. The Kier molecular flexibility index (Phi) is 9.19. The van der Waals surface area contributed by atoms with Crippen molar-refractivity contribution in [2.45, 2.75) is 46.6 Å². The third-order valence-electron chi connectivity index (χ3n) is 4.65. The molecule has 0 fully saturated rings. The van der Waals surface area contributed by atoms with Crippen LogP contribution < -0.4 is 20.7 Å². The summed E-state index contributed by atoms with van der Waals surface area (Å²) >= 11 is 0. The van der Waals surface area contributed by atoms with Crippen LogP contribution in [0, 0.1) is 5.92 Å². The zero-order chi connectivity index (χ0) is 21.9. The SMILES string of the molecule is CCC(C)NC(=O)c1cccc(NC(=O)CNc2cccc(OCCC(C)C)c2)c1. The van der Waals surface area contributed by atoms with Gasteiger partial charge in [0.2, 0.25) is 5.91 Å². The number of hydrogen-bond donors (Lipinski definition) is 3. The molecule has 6 heteroatoms. The Hall–Kier alpha value is -3.02. The highest BCUT2D eigenvalue weighted by molar-refractivity contribution is 5.98. The van der Waals surface area contributed by atoms with E-state index in [0.29, 0.717) is 23.8 Å². The van der Waals surface area contributed by atoms with Gasteiger partial charge >= 0.3 is 0 Å². The minimum atomic E-state index is -0.194. The lowest BCUT2D eigenvalue weighted by atomic mass is 10.1. The molecule has 0 spiro atoms. The first-order valence-electron chi connectivity index (χ1n) is 10.5. The van der Waals surface area contributed by atoms with Crippen LogP contribution in [0.5, 0.6) is 5.75 Å². The van der Waals surface area contributed by atoms with Crippen molar-refractivity contribution in [2.75, 3.05) is 23.8 Å². The van der Waals surface area contributed by atoms with E-state index in [0.717, 1.165) is 24.3 Å². The van der Waals surface area contributed by atoms with Crippen molar-refractivity contribution < 1.29 is 14.3 Å². The van der Waals surface area contributed by atoms with Crippen molar-refractivity contribution in [1.82, 2.24) is 5.32 Å². The van der Waals surface area contributed by atoms with Crippen LogP contribution in [0.2, 0.25) is 0 Å². The maximum Gasteiger partial charge on any atom is 0.251 e. The monoisotopic (exact) mass is 411 g/mol. The number of anilines is 2. The van der Waals surface area contributed by atoms with E-state index in [-0.39, 0.29) is 24.4 Å². The average molecular weight is 412 g/mol. The molecule has 30 heavy (non-hydrogen) atoms. The molecule has 0 heterocycles. The largest absolute Gasteiger partial charge is 0.494 e. The summed E-state index contributed by atoms with van der Waals surface area (Å²) in [6, 6.07) is 14.6. The molecule has 0 bridgehead atoms. The molecule has 2 amide bonds. The minimum absolute atomic E-state index is 0.102. The molecule has 0 saturated heterocycles. The zero-order valence-corrected chi connectivity index (χ0v) is 18.3.